The lowest BCUT2D eigenvalue weighted by molar-refractivity contribution is -0.115. The Morgan fingerprint density at radius 3 is 3.17 bits per heavy atom. The van der Waals surface area contributed by atoms with Crippen molar-refractivity contribution in [1.29, 1.82) is 0 Å². The summed E-state index contributed by atoms with van der Waals surface area (Å²) in [4.78, 5) is 14.1. The molecule has 2 N–H and O–H groups in total. The second-order valence-corrected chi connectivity index (χ2v) is 5.57. The van der Waals surface area contributed by atoms with E-state index in [1.54, 1.807) is 19.2 Å². The number of aromatic nitrogens is 3. The van der Waals surface area contributed by atoms with Gasteiger partial charge in [0.25, 0.3) is 0 Å². The van der Waals surface area contributed by atoms with Crippen LogP contribution in [0.2, 0.25) is 0 Å². The van der Waals surface area contributed by atoms with Crippen LogP contribution >= 0.6 is 0 Å². The van der Waals surface area contributed by atoms with E-state index in [1.807, 2.05) is 12.1 Å². The Kier molecular flexibility index (Phi) is 4.82. The molecule has 122 valence electrons. The van der Waals surface area contributed by atoms with E-state index in [-0.39, 0.29) is 12.5 Å². The molecule has 1 amide bonds. The predicted molar refractivity (Wildman–Crippen MR) is 85.1 cm³/mol. The van der Waals surface area contributed by atoms with Crippen molar-refractivity contribution in [3.63, 3.8) is 0 Å². The summed E-state index contributed by atoms with van der Waals surface area (Å²) in [6, 6.07) is 5.86. The van der Waals surface area contributed by atoms with Gasteiger partial charge in [0.2, 0.25) is 5.91 Å². The number of hydrogen-bond donors (Lipinski definition) is 2. The Labute approximate surface area is 134 Å². The molecule has 3 heterocycles. The number of nitrogens with zero attached hydrogens (tertiary/aromatic N) is 4. The summed E-state index contributed by atoms with van der Waals surface area (Å²) >= 11 is 0. The molecular weight excluding hydrogens is 296 g/mol. The number of hydrogen-bond acceptors (Lipinski definition) is 7. The van der Waals surface area contributed by atoms with Crippen LogP contribution in [0.3, 0.4) is 0 Å². The maximum absolute atomic E-state index is 11.9. The number of carbonyl (C=O) groups is 1. The molecule has 0 aromatic carbocycles. The lowest BCUT2D eigenvalue weighted by Gasteiger charge is -2.25. The molecule has 1 aliphatic heterocycles. The number of anilines is 2. The quantitative estimate of drug-likeness (QED) is 0.819. The number of aryl methyl sites for hydroxylation is 1. The molecule has 2 aromatic heterocycles. The summed E-state index contributed by atoms with van der Waals surface area (Å²) < 4.78 is 4.91. The van der Waals surface area contributed by atoms with Crippen LogP contribution < -0.4 is 15.5 Å². The molecule has 1 fully saturated rings. The number of amides is 1. The molecule has 1 saturated heterocycles. The standard InChI is InChI=1S/C15H20N6O2/c1-11-8-13(20-23-11)18-15(22)10-16-9-12-4-3-7-21(12)14-5-2-6-17-19-14/h2,5-6,8,12,16H,3-4,7,9-10H2,1H3,(H,18,20,22)/t12-/m1/s1. The van der Waals surface area contributed by atoms with Crippen molar-refractivity contribution in [2.24, 2.45) is 0 Å². The summed E-state index contributed by atoms with van der Waals surface area (Å²) in [7, 11) is 0. The lowest BCUT2D eigenvalue weighted by Crippen LogP contribution is -2.41. The minimum atomic E-state index is -0.137. The number of rotatable bonds is 6. The van der Waals surface area contributed by atoms with Crippen LogP contribution in [-0.4, -0.2) is 46.9 Å². The molecular formula is C15H20N6O2. The van der Waals surface area contributed by atoms with Gasteiger partial charge in [-0.15, -0.1) is 5.10 Å². The molecule has 8 heteroatoms. The van der Waals surface area contributed by atoms with Gasteiger partial charge < -0.3 is 20.1 Å². The van der Waals surface area contributed by atoms with Gasteiger partial charge in [-0.05, 0) is 31.9 Å². The van der Waals surface area contributed by atoms with Gasteiger partial charge in [0, 0.05) is 31.4 Å². The number of carbonyl (C=O) groups excluding carboxylic acids is 1. The first-order chi connectivity index (χ1) is 11.2. The van der Waals surface area contributed by atoms with Crippen molar-refractivity contribution < 1.29 is 9.32 Å². The summed E-state index contributed by atoms with van der Waals surface area (Å²) in [6.45, 7) is 3.70. The highest BCUT2D eigenvalue weighted by atomic mass is 16.5. The molecule has 8 nitrogen and oxygen atoms in total. The second kappa shape index (κ2) is 7.19. The molecule has 1 atom stereocenters. The van der Waals surface area contributed by atoms with E-state index >= 15 is 0 Å². The zero-order valence-electron chi connectivity index (χ0n) is 13.0. The van der Waals surface area contributed by atoms with Gasteiger partial charge >= 0.3 is 0 Å². The highest BCUT2D eigenvalue weighted by Crippen LogP contribution is 2.22. The van der Waals surface area contributed by atoms with Crippen molar-refractivity contribution >= 4 is 17.5 Å². The van der Waals surface area contributed by atoms with Crippen LogP contribution in [0.4, 0.5) is 11.6 Å². The van der Waals surface area contributed by atoms with Gasteiger partial charge in [0.1, 0.15) is 5.76 Å². The average Bonchev–Trinajstić information content (AvgIpc) is 3.17. The predicted octanol–water partition coefficient (Wildman–Crippen LogP) is 0.970. The van der Waals surface area contributed by atoms with Crippen LogP contribution in [0.5, 0.6) is 0 Å². The first-order valence-electron chi connectivity index (χ1n) is 7.70. The Balaban J connectivity index is 1.45. The van der Waals surface area contributed by atoms with Crippen molar-refractivity contribution in [2.45, 2.75) is 25.8 Å². The number of nitrogens with one attached hydrogen (secondary N) is 2. The molecule has 0 unspecified atom stereocenters. The smallest absolute Gasteiger partial charge is 0.239 e. The van der Waals surface area contributed by atoms with E-state index in [0.29, 0.717) is 17.6 Å². The van der Waals surface area contributed by atoms with Crippen molar-refractivity contribution in [3.05, 3.63) is 30.2 Å². The largest absolute Gasteiger partial charge is 0.360 e. The lowest BCUT2D eigenvalue weighted by atomic mass is 10.2. The van der Waals surface area contributed by atoms with E-state index in [2.05, 4.69) is 30.9 Å². The highest BCUT2D eigenvalue weighted by molar-refractivity contribution is 5.91. The van der Waals surface area contributed by atoms with E-state index in [0.717, 1.165) is 31.7 Å². The zero-order chi connectivity index (χ0) is 16.1. The summed E-state index contributed by atoms with van der Waals surface area (Å²) in [6.07, 6.45) is 3.86. The molecule has 0 radical (unpaired) electrons. The first kappa shape index (κ1) is 15.4. The summed E-state index contributed by atoms with van der Waals surface area (Å²) in [5.41, 5.74) is 0. The van der Waals surface area contributed by atoms with Crippen LogP contribution in [0.25, 0.3) is 0 Å². The molecule has 23 heavy (non-hydrogen) atoms. The minimum absolute atomic E-state index is 0.137. The van der Waals surface area contributed by atoms with Gasteiger partial charge in [-0.2, -0.15) is 5.10 Å². The Morgan fingerprint density at radius 2 is 2.43 bits per heavy atom. The van der Waals surface area contributed by atoms with Crippen LogP contribution in [0, 0.1) is 6.92 Å². The maximum Gasteiger partial charge on any atom is 0.239 e. The minimum Gasteiger partial charge on any atom is -0.360 e. The topological polar surface area (TPSA) is 96.2 Å². The Bertz CT molecular complexity index is 644. The van der Waals surface area contributed by atoms with E-state index < -0.39 is 0 Å². The molecule has 2 aromatic rings. The van der Waals surface area contributed by atoms with Gasteiger partial charge in [0.05, 0.1) is 6.54 Å². The fourth-order valence-corrected chi connectivity index (χ4v) is 2.76. The third-order valence-corrected chi connectivity index (χ3v) is 3.79. The SMILES string of the molecule is Cc1cc(NC(=O)CNC[C@H]2CCCN2c2cccnn2)no1. The molecule has 3 rings (SSSR count). The van der Waals surface area contributed by atoms with E-state index in [4.69, 9.17) is 4.52 Å². The third kappa shape index (κ3) is 4.04. The molecule has 1 aliphatic rings. The monoisotopic (exact) mass is 316 g/mol. The molecule has 0 bridgehead atoms. The van der Waals surface area contributed by atoms with Crippen LogP contribution in [-0.2, 0) is 4.79 Å². The van der Waals surface area contributed by atoms with Crippen molar-refractivity contribution in [1.82, 2.24) is 20.7 Å². The van der Waals surface area contributed by atoms with E-state index in [9.17, 15) is 4.79 Å². The highest BCUT2D eigenvalue weighted by Gasteiger charge is 2.25. The first-order valence-corrected chi connectivity index (χ1v) is 7.70. The summed E-state index contributed by atoms with van der Waals surface area (Å²) in [5.74, 6) is 1.86. The molecule has 0 aliphatic carbocycles. The summed E-state index contributed by atoms with van der Waals surface area (Å²) in [5, 5.41) is 17.7. The van der Waals surface area contributed by atoms with Gasteiger partial charge in [0.15, 0.2) is 11.6 Å². The Hall–Kier alpha value is -2.48. The fraction of sp³-hybridized carbons (Fsp3) is 0.467. The fourth-order valence-electron chi connectivity index (χ4n) is 2.76. The third-order valence-electron chi connectivity index (χ3n) is 3.79. The van der Waals surface area contributed by atoms with Gasteiger partial charge in [-0.1, -0.05) is 5.16 Å². The van der Waals surface area contributed by atoms with E-state index in [1.165, 1.54) is 0 Å². The molecule has 0 saturated carbocycles. The normalized spacial score (nSPS) is 17.4. The molecule has 0 spiro atoms. The van der Waals surface area contributed by atoms with Crippen molar-refractivity contribution in [3.8, 4) is 0 Å². The zero-order valence-corrected chi connectivity index (χ0v) is 13.0. The van der Waals surface area contributed by atoms with Crippen LogP contribution in [0.1, 0.15) is 18.6 Å². The van der Waals surface area contributed by atoms with Crippen LogP contribution in [0.15, 0.2) is 28.9 Å². The van der Waals surface area contributed by atoms with Gasteiger partial charge in [-0.25, -0.2) is 0 Å². The average molecular weight is 316 g/mol. The van der Waals surface area contributed by atoms with Gasteiger partial charge in [-0.3, -0.25) is 4.79 Å². The van der Waals surface area contributed by atoms with Crippen molar-refractivity contribution in [2.75, 3.05) is 29.9 Å². The Morgan fingerprint density at radius 1 is 1.52 bits per heavy atom. The second-order valence-electron chi connectivity index (χ2n) is 5.57. The maximum atomic E-state index is 11.9.